The lowest BCUT2D eigenvalue weighted by molar-refractivity contribution is -0.0592. The van der Waals surface area contributed by atoms with Gasteiger partial charge in [0, 0.05) is 24.8 Å². The van der Waals surface area contributed by atoms with Gasteiger partial charge < -0.3 is 33.4 Å². The van der Waals surface area contributed by atoms with Crippen molar-refractivity contribution in [3.05, 3.63) is 82.4 Å². The maximum absolute atomic E-state index is 14.7. The molecule has 4 aromatic rings. The highest BCUT2D eigenvalue weighted by Crippen LogP contribution is 2.44. The maximum Gasteiger partial charge on any atom is 0.335 e. The quantitative estimate of drug-likeness (QED) is 0.208. The number of benzene rings is 3. The van der Waals surface area contributed by atoms with Crippen LogP contribution in [0, 0.1) is 17.1 Å². The molecule has 250 valence electrons. The number of aromatic nitrogens is 2. The Morgan fingerprint density at radius 3 is 2.67 bits per heavy atom. The first kappa shape index (κ1) is 31.9. The normalized spacial score (nSPS) is 19.5. The monoisotopic (exact) mass is 656 g/mol. The number of nitrogens with zero attached hydrogens (tertiary/aromatic N) is 4. The maximum atomic E-state index is 14.7. The van der Waals surface area contributed by atoms with Gasteiger partial charge in [-0.25, -0.2) is 14.2 Å². The molecule has 0 aliphatic carbocycles. The number of fused-ring (bicyclic) bond motifs is 2. The molecule has 2 fully saturated rings. The summed E-state index contributed by atoms with van der Waals surface area (Å²) >= 11 is 0. The number of aromatic carboxylic acids is 1. The van der Waals surface area contributed by atoms with Gasteiger partial charge in [-0.1, -0.05) is 18.2 Å². The van der Waals surface area contributed by atoms with E-state index in [9.17, 15) is 14.3 Å². The fraction of sp³-hybridized carbons (Fsp3) is 0.417. The van der Waals surface area contributed by atoms with Gasteiger partial charge in [-0.15, -0.1) is 0 Å². The van der Waals surface area contributed by atoms with Crippen LogP contribution in [0.1, 0.15) is 64.2 Å². The van der Waals surface area contributed by atoms with Crippen LogP contribution in [0.2, 0.25) is 0 Å². The van der Waals surface area contributed by atoms with Gasteiger partial charge in [-0.2, -0.15) is 5.26 Å². The van der Waals surface area contributed by atoms with Crippen LogP contribution in [-0.2, 0) is 22.6 Å². The lowest BCUT2D eigenvalue weighted by Gasteiger charge is -2.35. The Hall–Kier alpha value is -4.70. The lowest BCUT2D eigenvalue weighted by atomic mass is 9.88. The van der Waals surface area contributed by atoms with Gasteiger partial charge in [-0.3, -0.25) is 4.90 Å². The molecule has 0 radical (unpaired) electrons. The predicted octanol–water partition coefficient (Wildman–Crippen LogP) is 5.45. The molecule has 12 heteroatoms. The van der Waals surface area contributed by atoms with Gasteiger partial charge in [-0.05, 0) is 68.6 Å². The van der Waals surface area contributed by atoms with Crippen LogP contribution >= 0.6 is 0 Å². The molecule has 0 saturated carbocycles. The Bertz CT molecular complexity index is 1860. The average molecular weight is 657 g/mol. The zero-order valence-electron chi connectivity index (χ0n) is 26.7. The highest BCUT2D eigenvalue weighted by Gasteiger charge is 2.32. The van der Waals surface area contributed by atoms with Gasteiger partial charge in [0.2, 0.25) is 0 Å². The van der Waals surface area contributed by atoms with Crippen LogP contribution in [0.15, 0.2) is 48.5 Å². The lowest BCUT2D eigenvalue weighted by Crippen LogP contribution is -2.35. The second kappa shape index (κ2) is 13.8. The molecule has 0 bridgehead atoms. The molecule has 3 aromatic carbocycles. The minimum atomic E-state index is -1.03. The number of halogens is 1. The van der Waals surface area contributed by atoms with Gasteiger partial charge in [0.25, 0.3) is 0 Å². The molecule has 11 nitrogen and oxygen atoms in total. The van der Waals surface area contributed by atoms with Crippen LogP contribution < -0.4 is 14.2 Å². The largest absolute Gasteiger partial charge is 0.489 e. The summed E-state index contributed by atoms with van der Waals surface area (Å²) in [5.74, 6) is 1.30. The third-order valence-electron chi connectivity index (χ3n) is 9.40. The minimum absolute atomic E-state index is 0.0534. The second-order valence-electron chi connectivity index (χ2n) is 12.4. The van der Waals surface area contributed by atoms with Crippen LogP contribution in [0.3, 0.4) is 0 Å². The number of carboxylic acids is 1. The van der Waals surface area contributed by atoms with Gasteiger partial charge in [0.15, 0.2) is 17.6 Å². The number of ether oxygens (including phenoxy) is 5. The number of imidazole rings is 1. The molecule has 4 heterocycles. The summed E-state index contributed by atoms with van der Waals surface area (Å²) in [6.07, 6.45) is 2.18. The third kappa shape index (κ3) is 6.41. The molecule has 7 rings (SSSR count). The van der Waals surface area contributed by atoms with Crippen molar-refractivity contribution in [2.24, 2.45) is 0 Å². The molecule has 3 aliphatic rings. The zero-order chi connectivity index (χ0) is 33.2. The fourth-order valence-corrected chi connectivity index (χ4v) is 6.73. The van der Waals surface area contributed by atoms with Crippen molar-refractivity contribution in [3.63, 3.8) is 0 Å². The predicted molar refractivity (Wildman–Crippen MR) is 172 cm³/mol. The fourth-order valence-electron chi connectivity index (χ4n) is 6.73. The molecular formula is C36H37FN4O7. The van der Waals surface area contributed by atoms with Gasteiger partial charge in [0.05, 0.1) is 48.5 Å². The Balaban J connectivity index is 1.08. The number of carboxylic acid groups (broad SMARTS) is 1. The first-order valence-corrected chi connectivity index (χ1v) is 16.3. The molecular weight excluding hydrogens is 619 g/mol. The van der Waals surface area contributed by atoms with E-state index >= 15 is 0 Å². The summed E-state index contributed by atoms with van der Waals surface area (Å²) in [4.78, 5) is 19.4. The number of likely N-dealkylation sites (tertiary alicyclic amines) is 1. The average Bonchev–Trinajstić information content (AvgIpc) is 3.42. The minimum Gasteiger partial charge on any atom is -0.489 e. The van der Waals surface area contributed by atoms with Crippen LogP contribution in [0.5, 0.6) is 17.2 Å². The Labute approximate surface area is 277 Å². The Morgan fingerprint density at radius 2 is 1.96 bits per heavy atom. The molecule has 1 N–H and O–H groups in total. The second-order valence-corrected chi connectivity index (χ2v) is 12.4. The summed E-state index contributed by atoms with van der Waals surface area (Å²) in [6, 6.07) is 15.4. The van der Waals surface area contributed by atoms with Crippen LogP contribution in [0.25, 0.3) is 11.0 Å². The van der Waals surface area contributed by atoms with Crippen molar-refractivity contribution < 1.29 is 38.0 Å². The van der Waals surface area contributed by atoms with E-state index in [1.165, 1.54) is 12.1 Å². The van der Waals surface area contributed by atoms with E-state index in [4.69, 9.17) is 33.9 Å². The Kier molecular flexibility index (Phi) is 9.17. The molecule has 0 spiro atoms. The Morgan fingerprint density at radius 1 is 1.12 bits per heavy atom. The summed E-state index contributed by atoms with van der Waals surface area (Å²) < 4.78 is 46.1. The van der Waals surface area contributed by atoms with Crippen molar-refractivity contribution in [2.45, 2.75) is 50.5 Å². The highest BCUT2D eigenvalue weighted by atomic mass is 19.1. The zero-order valence-corrected chi connectivity index (χ0v) is 26.7. The standard InChI is InChI=1S/C36H37FN4O7/c1-44-13-14-46-31-17-24(36(42)43)16-29-34(31)39-33(41(29)19-25-9-12-45-25)20-40-10-7-23(8-11-40)26-3-2-4-30-35(26)47-21-32(48-30)27-6-5-22(18-38)15-28(27)37/h2-6,15-17,23,25,32H,7-14,19-21H2,1H3,(H,42,43)/t25-,32-/m0/s1. The van der Waals surface area contributed by atoms with E-state index in [-0.39, 0.29) is 36.4 Å². The summed E-state index contributed by atoms with van der Waals surface area (Å²) in [7, 11) is 1.59. The van der Waals surface area contributed by atoms with Crippen LogP contribution in [-0.4, -0.2) is 78.3 Å². The number of hydrogen-bond donors (Lipinski definition) is 1. The van der Waals surface area contributed by atoms with E-state index < -0.39 is 17.9 Å². The first-order chi connectivity index (χ1) is 23.4. The van der Waals surface area contributed by atoms with E-state index in [0.717, 1.165) is 55.9 Å². The van der Waals surface area contributed by atoms with Gasteiger partial charge in [0.1, 0.15) is 36.1 Å². The van der Waals surface area contributed by atoms with E-state index in [1.807, 2.05) is 18.2 Å². The number of carbonyl (C=O) groups is 1. The number of piperidine rings is 1. The van der Waals surface area contributed by atoms with Crippen LogP contribution in [0.4, 0.5) is 4.39 Å². The number of methoxy groups -OCH3 is 1. The van der Waals surface area contributed by atoms with E-state index in [2.05, 4.69) is 15.5 Å². The van der Waals surface area contributed by atoms with Crippen molar-refractivity contribution in [2.75, 3.05) is 46.6 Å². The van der Waals surface area contributed by atoms with E-state index in [1.54, 1.807) is 25.3 Å². The topological polar surface area (TPSA) is 128 Å². The van der Waals surface area contributed by atoms with E-state index in [0.29, 0.717) is 48.0 Å². The summed E-state index contributed by atoms with van der Waals surface area (Å²) in [5.41, 5.74) is 3.20. The molecule has 2 saturated heterocycles. The molecule has 48 heavy (non-hydrogen) atoms. The van der Waals surface area contributed by atoms with Crippen molar-refractivity contribution in [3.8, 4) is 23.3 Å². The molecule has 2 atom stereocenters. The summed E-state index contributed by atoms with van der Waals surface area (Å²) in [5, 5.41) is 18.9. The molecule has 0 unspecified atom stereocenters. The van der Waals surface area contributed by atoms with Crippen molar-refractivity contribution >= 4 is 17.0 Å². The third-order valence-corrected chi connectivity index (χ3v) is 9.40. The number of nitriles is 1. The summed E-state index contributed by atoms with van der Waals surface area (Å²) in [6.45, 7) is 4.38. The highest BCUT2D eigenvalue weighted by molar-refractivity contribution is 5.95. The molecule has 0 amide bonds. The van der Waals surface area contributed by atoms with Gasteiger partial charge >= 0.3 is 5.97 Å². The first-order valence-electron chi connectivity index (χ1n) is 16.3. The van der Waals surface area contributed by atoms with Crippen molar-refractivity contribution in [1.29, 1.82) is 5.26 Å². The number of para-hydroxylation sites is 1. The smallest absolute Gasteiger partial charge is 0.335 e. The number of hydrogen-bond acceptors (Lipinski definition) is 9. The molecule has 1 aromatic heterocycles. The molecule has 3 aliphatic heterocycles. The van der Waals surface area contributed by atoms with Crippen molar-refractivity contribution in [1.82, 2.24) is 14.5 Å². The number of rotatable bonds is 11. The SMILES string of the molecule is COCCOc1cc(C(=O)O)cc2c1nc(CN1CCC(c3cccc4c3OC[C@@H](c3ccc(C#N)cc3F)O4)CC1)n2C[C@@H]1CCO1.